The molecule has 2 saturated heterocycles. The van der Waals surface area contributed by atoms with Crippen molar-refractivity contribution in [3.8, 4) is 0 Å². The summed E-state index contributed by atoms with van der Waals surface area (Å²) < 4.78 is 8.48. The van der Waals surface area contributed by atoms with E-state index >= 15 is 0 Å². The summed E-state index contributed by atoms with van der Waals surface area (Å²) in [6, 6.07) is 0. The molecule has 0 aromatic carbocycles. The smallest absolute Gasteiger partial charge is 0.346 e. The molecule has 0 saturated carbocycles. The van der Waals surface area contributed by atoms with Crippen LogP contribution >= 0.6 is 0 Å². The summed E-state index contributed by atoms with van der Waals surface area (Å²) in [6.07, 6.45) is 5.13. The number of ether oxygens (including phenoxy) is 1. The van der Waals surface area contributed by atoms with E-state index in [4.69, 9.17) is 4.74 Å². The van der Waals surface area contributed by atoms with E-state index in [1.54, 1.807) is 4.57 Å². The average molecular weight is 351 g/mol. The van der Waals surface area contributed by atoms with Crippen molar-refractivity contribution in [2.45, 2.75) is 58.2 Å². The lowest BCUT2D eigenvalue weighted by atomic mass is 9.94. The van der Waals surface area contributed by atoms with E-state index in [-0.39, 0.29) is 24.2 Å². The molecule has 2 N–H and O–H groups in total. The van der Waals surface area contributed by atoms with Gasteiger partial charge in [-0.05, 0) is 51.6 Å². The molecule has 0 bridgehead atoms. The van der Waals surface area contributed by atoms with Gasteiger partial charge in [-0.15, -0.1) is 0 Å². The molecule has 0 spiro atoms. The second kappa shape index (κ2) is 8.62. The zero-order valence-electron chi connectivity index (χ0n) is 15.0. The molecular weight excluding hydrogens is 322 g/mol. The maximum absolute atomic E-state index is 12.5. The van der Waals surface area contributed by atoms with Crippen LogP contribution in [0.5, 0.6) is 0 Å². The Morgan fingerprint density at radius 3 is 2.84 bits per heavy atom. The number of nitrogens with zero attached hydrogens (tertiary/aromatic N) is 3. The molecule has 1 aromatic rings. The van der Waals surface area contributed by atoms with Gasteiger partial charge in [0, 0.05) is 26.1 Å². The van der Waals surface area contributed by atoms with Crippen molar-refractivity contribution in [3.63, 3.8) is 0 Å². The zero-order valence-corrected chi connectivity index (χ0v) is 15.0. The summed E-state index contributed by atoms with van der Waals surface area (Å²) in [5.41, 5.74) is -0.196. The van der Waals surface area contributed by atoms with Crippen molar-refractivity contribution in [2.24, 2.45) is 5.92 Å². The van der Waals surface area contributed by atoms with Gasteiger partial charge in [0.1, 0.15) is 12.4 Å². The van der Waals surface area contributed by atoms with Gasteiger partial charge in [-0.3, -0.25) is 9.36 Å². The Kier molecular flexibility index (Phi) is 6.25. The van der Waals surface area contributed by atoms with Crippen LogP contribution in [0, 0.1) is 5.92 Å². The maximum Gasteiger partial charge on any atom is 0.346 e. The fourth-order valence-corrected chi connectivity index (χ4v) is 3.63. The first kappa shape index (κ1) is 18.1. The molecule has 1 aromatic heterocycles. The van der Waals surface area contributed by atoms with Gasteiger partial charge in [-0.25, -0.2) is 9.48 Å². The second-order valence-electron chi connectivity index (χ2n) is 6.94. The minimum absolute atomic E-state index is 0.0300. The monoisotopic (exact) mass is 351 g/mol. The number of nitrogens with one attached hydrogen (secondary N) is 2. The Hall–Kier alpha value is -1.67. The molecule has 2 aliphatic heterocycles. The van der Waals surface area contributed by atoms with Gasteiger partial charge in [0.2, 0.25) is 5.91 Å². The molecule has 2 aliphatic rings. The van der Waals surface area contributed by atoms with E-state index in [1.807, 2.05) is 6.92 Å². The van der Waals surface area contributed by atoms with Crippen molar-refractivity contribution in [1.82, 2.24) is 25.0 Å². The third kappa shape index (κ3) is 4.70. The predicted octanol–water partition coefficient (Wildman–Crippen LogP) is -0.0980. The fraction of sp³-hybridized carbons (Fsp3) is 0.824. The molecular formula is C17H29N5O3. The lowest BCUT2D eigenvalue weighted by Crippen LogP contribution is -2.37. The largest absolute Gasteiger partial charge is 0.376 e. The Bertz CT molecular complexity index is 627. The molecule has 2 fully saturated rings. The summed E-state index contributed by atoms with van der Waals surface area (Å²) in [5.74, 6) is 1.16. The number of hydrogen-bond acceptors (Lipinski definition) is 5. The molecule has 8 nitrogen and oxygen atoms in total. The highest BCUT2D eigenvalue weighted by Crippen LogP contribution is 2.16. The van der Waals surface area contributed by atoms with Gasteiger partial charge in [0.25, 0.3) is 0 Å². The normalized spacial score (nSPS) is 21.6. The molecule has 140 valence electrons. The van der Waals surface area contributed by atoms with Gasteiger partial charge >= 0.3 is 5.69 Å². The molecule has 1 amide bonds. The number of amides is 1. The van der Waals surface area contributed by atoms with Crippen LogP contribution in [0.4, 0.5) is 0 Å². The van der Waals surface area contributed by atoms with Crippen LogP contribution in [0.15, 0.2) is 4.79 Å². The molecule has 25 heavy (non-hydrogen) atoms. The predicted molar refractivity (Wildman–Crippen MR) is 93.4 cm³/mol. The van der Waals surface area contributed by atoms with Crippen LogP contribution in [0.1, 0.15) is 38.4 Å². The fourth-order valence-electron chi connectivity index (χ4n) is 3.63. The molecule has 0 unspecified atom stereocenters. The quantitative estimate of drug-likeness (QED) is 0.716. The first-order valence-corrected chi connectivity index (χ1v) is 9.43. The van der Waals surface area contributed by atoms with Gasteiger partial charge < -0.3 is 15.4 Å². The van der Waals surface area contributed by atoms with Gasteiger partial charge in [-0.2, -0.15) is 5.10 Å². The minimum Gasteiger partial charge on any atom is -0.376 e. The first-order chi connectivity index (χ1) is 12.2. The van der Waals surface area contributed by atoms with Gasteiger partial charge in [-0.1, -0.05) is 0 Å². The van der Waals surface area contributed by atoms with Gasteiger partial charge in [0.05, 0.1) is 6.10 Å². The van der Waals surface area contributed by atoms with Crippen molar-refractivity contribution < 1.29 is 9.53 Å². The molecule has 0 aliphatic carbocycles. The highest BCUT2D eigenvalue weighted by Gasteiger charge is 2.21. The number of piperidine rings is 1. The number of carbonyl (C=O) groups excluding carboxylic acids is 1. The summed E-state index contributed by atoms with van der Waals surface area (Å²) >= 11 is 0. The van der Waals surface area contributed by atoms with E-state index in [0.717, 1.165) is 57.6 Å². The van der Waals surface area contributed by atoms with E-state index in [9.17, 15) is 9.59 Å². The van der Waals surface area contributed by atoms with Crippen LogP contribution in [0.2, 0.25) is 0 Å². The van der Waals surface area contributed by atoms with Crippen LogP contribution in [-0.4, -0.2) is 52.6 Å². The topological polar surface area (TPSA) is 90.2 Å². The van der Waals surface area contributed by atoms with Crippen LogP contribution in [0.25, 0.3) is 0 Å². The number of hydrogen-bond donors (Lipinski definition) is 2. The molecule has 3 rings (SSSR count). The zero-order chi connectivity index (χ0) is 17.6. The van der Waals surface area contributed by atoms with E-state index in [2.05, 4.69) is 15.7 Å². The van der Waals surface area contributed by atoms with Crippen LogP contribution < -0.4 is 16.3 Å². The number of aromatic nitrogens is 3. The maximum atomic E-state index is 12.5. The summed E-state index contributed by atoms with van der Waals surface area (Å²) in [4.78, 5) is 24.6. The van der Waals surface area contributed by atoms with Gasteiger partial charge in [0.15, 0.2) is 0 Å². The van der Waals surface area contributed by atoms with Crippen LogP contribution in [-0.2, 0) is 29.0 Å². The Balaban J connectivity index is 1.60. The standard InChI is InChI=1S/C17H29N5O3/c1-2-21-15(10-13-5-7-18-8-6-13)20-22(17(21)24)12-16(23)19-11-14-4-3-9-25-14/h13-14,18H,2-12H2,1H3,(H,19,23)/t14-/m0/s1. The highest BCUT2D eigenvalue weighted by molar-refractivity contribution is 5.75. The molecule has 8 heteroatoms. The van der Waals surface area contributed by atoms with E-state index in [1.165, 1.54) is 4.68 Å². The summed E-state index contributed by atoms with van der Waals surface area (Å²) in [6.45, 7) is 5.80. The number of carbonyl (C=O) groups is 1. The summed E-state index contributed by atoms with van der Waals surface area (Å²) in [7, 11) is 0. The number of rotatable bonds is 7. The molecule has 0 radical (unpaired) electrons. The van der Waals surface area contributed by atoms with Crippen molar-refractivity contribution in [3.05, 3.63) is 16.3 Å². The highest BCUT2D eigenvalue weighted by atomic mass is 16.5. The Labute approximate surface area is 147 Å². The molecule has 1 atom stereocenters. The van der Waals surface area contributed by atoms with Crippen molar-refractivity contribution in [2.75, 3.05) is 26.2 Å². The SMILES string of the molecule is CCn1c(CC2CCNCC2)nn(CC(=O)NC[C@@H]2CCCO2)c1=O. The Morgan fingerprint density at radius 2 is 2.16 bits per heavy atom. The summed E-state index contributed by atoms with van der Waals surface area (Å²) in [5, 5.41) is 10.6. The third-order valence-corrected chi connectivity index (χ3v) is 5.09. The second-order valence-corrected chi connectivity index (χ2v) is 6.94. The molecule has 3 heterocycles. The van der Waals surface area contributed by atoms with Crippen molar-refractivity contribution in [1.29, 1.82) is 0 Å². The third-order valence-electron chi connectivity index (χ3n) is 5.09. The van der Waals surface area contributed by atoms with Crippen LogP contribution in [0.3, 0.4) is 0 Å². The Morgan fingerprint density at radius 1 is 1.36 bits per heavy atom. The lowest BCUT2D eigenvalue weighted by Gasteiger charge is -2.21. The van der Waals surface area contributed by atoms with E-state index < -0.39 is 0 Å². The minimum atomic E-state index is -0.196. The lowest BCUT2D eigenvalue weighted by molar-refractivity contribution is -0.122. The average Bonchev–Trinajstić information content (AvgIpc) is 3.23. The van der Waals surface area contributed by atoms with Crippen molar-refractivity contribution >= 4 is 5.91 Å². The first-order valence-electron chi connectivity index (χ1n) is 9.43. The van der Waals surface area contributed by atoms with E-state index in [0.29, 0.717) is 19.0 Å².